The molecule has 117 heavy (non-hydrogen) atoms. The minimum absolute atomic E-state index is 0.238. The Morgan fingerprint density at radius 2 is 0.624 bits per heavy atom. The number of nitrogens with one attached hydrogen (secondary N) is 9. The molecular formula is C93H145N23O. The maximum absolute atomic E-state index is 11.5. The highest BCUT2D eigenvalue weighted by molar-refractivity contribution is 5.90. The van der Waals surface area contributed by atoms with Crippen LogP contribution in [0.25, 0.3) is 17.0 Å². The van der Waals surface area contributed by atoms with Crippen molar-refractivity contribution in [1.29, 1.82) is 0 Å². The molecule has 0 saturated heterocycles. The van der Waals surface area contributed by atoms with Crippen molar-refractivity contribution < 1.29 is 4.79 Å². The first kappa shape index (κ1) is 93.5. The van der Waals surface area contributed by atoms with Crippen molar-refractivity contribution in [1.82, 2.24) is 80.4 Å². The molecule has 2 aliphatic heterocycles. The number of nitrogens with zero attached hydrogens (tertiary/aromatic N) is 14. The summed E-state index contributed by atoms with van der Waals surface area (Å²) in [4.78, 5) is 76.4. The molecule has 0 radical (unpaired) electrons. The van der Waals surface area contributed by atoms with Gasteiger partial charge in [0.1, 0.15) is 87.3 Å². The number of aryl methyl sites for hydroxylation is 2. The quantitative estimate of drug-likeness (QED) is 0.0323. The lowest BCUT2D eigenvalue weighted by Crippen LogP contribution is -2.28. The van der Waals surface area contributed by atoms with Gasteiger partial charge in [0.2, 0.25) is 0 Å². The lowest BCUT2D eigenvalue weighted by Gasteiger charge is -2.22. The summed E-state index contributed by atoms with van der Waals surface area (Å²) in [5.74, 6) is 16.3. The molecule has 0 spiro atoms. The number of anilines is 7. The molecule has 1 aromatic carbocycles. The van der Waals surface area contributed by atoms with Crippen LogP contribution >= 0.6 is 0 Å². The number of aromatic nitrogens is 14. The van der Waals surface area contributed by atoms with Gasteiger partial charge in [-0.3, -0.25) is 4.79 Å². The summed E-state index contributed by atoms with van der Waals surface area (Å²) in [6.07, 6.45) is 16.4. The summed E-state index contributed by atoms with van der Waals surface area (Å²) in [6.45, 7) is 63.4. The van der Waals surface area contributed by atoms with Crippen molar-refractivity contribution in [3.8, 4) is 0 Å². The summed E-state index contributed by atoms with van der Waals surface area (Å²) in [5, 5.41) is 31.8. The van der Waals surface area contributed by atoms with Crippen LogP contribution in [0.15, 0.2) is 30.3 Å². The van der Waals surface area contributed by atoms with E-state index in [9.17, 15) is 4.79 Å². The number of para-hydroxylation sites is 1. The predicted molar refractivity (Wildman–Crippen MR) is 486 cm³/mol. The zero-order chi connectivity index (χ0) is 85.6. The Bertz CT molecular complexity index is 4370. The molecule has 6 aliphatic rings. The van der Waals surface area contributed by atoms with Crippen molar-refractivity contribution in [2.24, 2.45) is 0 Å². The van der Waals surface area contributed by atoms with E-state index in [-0.39, 0.29) is 11.7 Å². The van der Waals surface area contributed by atoms with E-state index in [4.69, 9.17) is 9.97 Å². The lowest BCUT2D eigenvalue weighted by molar-refractivity contribution is -0.117. The molecule has 9 heterocycles. The maximum Gasteiger partial charge on any atom is 0.143 e. The third kappa shape index (κ3) is 27.5. The van der Waals surface area contributed by atoms with E-state index in [0.717, 1.165) is 186 Å². The largest absolute Gasteiger partial charge is 0.368 e. The van der Waals surface area contributed by atoms with Crippen molar-refractivity contribution >= 4 is 63.5 Å². The second kappa shape index (κ2) is 44.1. The lowest BCUT2D eigenvalue weighted by atomic mass is 9.96. The van der Waals surface area contributed by atoms with E-state index in [0.29, 0.717) is 90.6 Å². The van der Waals surface area contributed by atoms with Crippen molar-refractivity contribution in [2.45, 2.75) is 368 Å². The van der Waals surface area contributed by atoms with Crippen LogP contribution in [0.5, 0.6) is 0 Å². The Morgan fingerprint density at radius 1 is 0.291 bits per heavy atom. The summed E-state index contributed by atoms with van der Waals surface area (Å²) in [6, 6.07) is 10.9. The molecule has 7 aromatic heterocycles. The average Bonchev–Trinajstić information content (AvgIpc) is 1.79. The predicted octanol–water partition coefficient (Wildman–Crippen LogP) is 19.0. The van der Waals surface area contributed by atoms with Crippen LogP contribution in [0.3, 0.4) is 0 Å². The summed E-state index contributed by atoms with van der Waals surface area (Å²) >= 11 is 0. The highest BCUT2D eigenvalue weighted by Gasteiger charge is 2.28. The third-order valence-electron chi connectivity index (χ3n) is 19.8. The van der Waals surface area contributed by atoms with Gasteiger partial charge in [-0.1, -0.05) is 115 Å². The number of carbonyl (C=O) groups is 1. The molecule has 8 aromatic rings. The minimum Gasteiger partial charge on any atom is -0.368 e. The number of benzene rings is 1. The SMILES string of the molecule is CC(C)Nc1nc(C(C)C)nc2c1CC(=O)C2.CC(C)Nc1nc(C(C)C)nc2c1CC=C2.CC(C)Nc1nc(C(C)C)nc2c1CCC2.CC(C)Nc1nc(C(C)C)nc2c1CCCC2.CC(C)Nc1nc(C(C)C)nc2c1CCNC2.CC(C)Nc1nc(C(C)C)nc2c1CNCC2.CC(C)Nc1nc(C(C)C)nc2ccccc12. The standard InChI is InChI=1S/C14H23N3.C14H19N3.2C13H22N4.C13H19N3O.C13H21N3.C13H19N3/c2*1-9(2)13-16-12-8-6-5-7-11(12)14(17-13)15-10(3)4;1-8(2)12-16-11-5-6-14-7-10(11)13(17-12)15-9(3)4;1-8(2)12-16-11-7-14-6-5-10(11)13(17-12)15-9(3)4;1-7(2)12-15-11-6-9(17)5-10(11)13(16-12)14-8(3)4;2*1-8(2)12-15-11-7-5-6-10(11)13(16-12)14-9(3)4/h9-10H,5-8H2,1-4H3,(H,15,16,17);5-10H,1-4H3,(H,15,16,17);2*8-9,14H,5-7H2,1-4H3,(H,15,16,17);7-8H,5-6H2,1-4H3,(H,14,15,16);8-9H,5-7H2,1-4H3,(H,14,15,16);5,7-9H,6H2,1-4H3,(H,14,15,16). The second-order valence-corrected chi connectivity index (χ2v) is 36.1. The average molecular weight is 1600 g/mol. The Labute approximate surface area is 701 Å². The van der Waals surface area contributed by atoms with Gasteiger partial charge in [0.25, 0.3) is 0 Å². The van der Waals surface area contributed by atoms with Crippen LogP contribution in [-0.4, -0.2) is 131 Å². The van der Waals surface area contributed by atoms with Gasteiger partial charge in [0, 0.05) is 173 Å². The molecule has 638 valence electrons. The third-order valence-corrected chi connectivity index (χ3v) is 19.8. The molecule has 9 N–H and O–H groups in total. The molecule has 0 amide bonds. The topological polar surface area (TPSA) is 306 Å². The van der Waals surface area contributed by atoms with Gasteiger partial charge in [0.05, 0.1) is 28.3 Å². The molecule has 0 saturated carbocycles. The number of hydrogen-bond acceptors (Lipinski definition) is 24. The molecular weight excluding hydrogens is 1460 g/mol. The fourth-order valence-corrected chi connectivity index (χ4v) is 13.9. The summed E-state index contributed by atoms with van der Waals surface area (Å²) in [5.41, 5.74) is 15.4. The molecule has 24 heteroatoms. The van der Waals surface area contributed by atoms with E-state index >= 15 is 0 Å². The number of Topliss-reactive ketones (excluding diaryl/α,β-unsaturated/α-hetero) is 1. The Kier molecular flexibility index (Phi) is 35.3. The number of hydrogen-bond donors (Lipinski definition) is 9. The smallest absolute Gasteiger partial charge is 0.143 e. The highest BCUT2D eigenvalue weighted by Crippen LogP contribution is 2.34. The van der Waals surface area contributed by atoms with Gasteiger partial charge in [-0.05, 0) is 179 Å². The highest BCUT2D eigenvalue weighted by atomic mass is 16.1. The molecule has 0 atom stereocenters. The van der Waals surface area contributed by atoms with E-state index in [2.05, 4.69) is 320 Å². The van der Waals surface area contributed by atoms with Gasteiger partial charge in [-0.15, -0.1) is 0 Å². The van der Waals surface area contributed by atoms with Crippen LogP contribution in [0.2, 0.25) is 0 Å². The number of allylic oxidation sites excluding steroid dienone is 1. The monoisotopic (exact) mass is 1600 g/mol. The number of fused-ring (bicyclic) bond motifs is 7. The van der Waals surface area contributed by atoms with Crippen LogP contribution < -0.4 is 47.9 Å². The first-order valence-electron chi connectivity index (χ1n) is 44.0. The van der Waals surface area contributed by atoms with Crippen molar-refractivity contribution in [3.05, 3.63) is 139 Å². The van der Waals surface area contributed by atoms with Gasteiger partial charge < -0.3 is 47.9 Å². The second-order valence-electron chi connectivity index (χ2n) is 36.1. The number of rotatable bonds is 21. The normalized spacial score (nSPS) is 14.3. The van der Waals surface area contributed by atoms with Crippen molar-refractivity contribution in [3.63, 3.8) is 0 Å². The van der Waals surface area contributed by atoms with E-state index < -0.39 is 0 Å². The van der Waals surface area contributed by atoms with Gasteiger partial charge >= 0.3 is 0 Å². The fourth-order valence-electron chi connectivity index (χ4n) is 13.9. The first-order valence-corrected chi connectivity index (χ1v) is 44.0. The van der Waals surface area contributed by atoms with Gasteiger partial charge in [0.15, 0.2) is 0 Å². The van der Waals surface area contributed by atoms with E-state index in [1.807, 2.05) is 18.2 Å². The van der Waals surface area contributed by atoms with Gasteiger partial charge in [-0.2, -0.15) is 0 Å². The summed E-state index contributed by atoms with van der Waals surface area (Å²) < 4.78 is 0. The summed E-state index contributed by atoms with van der Waals surface area (Å²) in [7, 11) is 0. The van der Waals surface area contributed by atoms with E-state index in [1.54, 1.807) is 0 Å². The molecule has 4 aliphatic carbocycles. The van der Waals surface area contributed by atoms with Crippen LogP contribution in [-0.2, 0) is 75.7 Å². The molecule has 24 nitrogen and oxygen atoms in total. The number of ketones is 1. The zero-order valence-corrected chi connectivity index (χ0v) is 76.5. The Balaban J connectivity index is 0.000000170. The maximum atomic E-state index is 11.5. The molecule has 0 fully saturated rings. The van der Waals surface area contributed by atoms with Crippen LogP contribution in [0.4, 0.5) is 40.7 Å². The fraction of sp³-hybridized carbons (Fsp3) is 0.624. The Hall–Kier alpha value is -9.03. The number of carbonyl (C=O) groups excluding carboxylic acids is 1. The van der Waals surface area contributed by atoms with Crippen LogP contribution in [0, 0.1) is 0 Å². The molecule has 0 bridgehead atoms. The Morgan fingerprint density at radius 3 is 1.09 bits per heavy atom. The minimum atomic E-state index is 0.238. The molecule has 0 unspecified atom stereocenters. The first-order chi connectivity index (χ1) is 55.4. The van der Waals surface area contributed by atoms with E-state index in [1.165, 1.54) is 64.2 Å². The van der Waals surface area contributed by atoms with Gasteiger partial charge in [-0.25, -0.2) is 69.8 Å². The van der Waals surface area contributed by atoms with Crippen LogP contribution in [0.1, 0.15) is 363 Å². The molecule has 14 rings (SSSR count). The zero-order valence-electron chi connectivity index (χ0n) is 76.5. The van der Waals surface area contributed by atoms with Crippen molar-refractivity contribution in [2.75, 3.05) is 50.3 Å².